The van der Waals surface area contributed by atoms with Crippen molar-refractivity contribution in [1.29, 1.82) is 0 Å². The number of ether oxygens (including phenoxy) is 2. The maximum absolute atomic E-state index is 12.8. The van der Waals surface area contributed by atoms with Crippen LogP contribution in [0.15, 0.2) is 71.8 Å². The Morgan fingerprint density at radius 1 is 1.03 bits per heavy atom. The van der Waals surface area contributed by atoms with E-state index in [4.69, 9.17) is 21.1 Å². The molecule has 0 aliphatic heterocycles. The van der Waals surface area contributed by atoms with Gasteiger partial charge in [-0.25, -0.2) is 5.43 Å². The van der Waals surface area contributed by atoms with Crippen LogP contribution in [0.4, 0.5) is 0 Å². The number of carbonyl (C=O) groups is 2. The molecule has 1 atom stereocenters. The second-order valence-electron chi connectivity index (χ2n) is 9.08. The average Bonchev–Trinajstić information content (AvgIpc) is 2.87. The van der Waals surface area contributed by atoms with Crippen molar-refractivity contribution in [2.75, 3.05) is 7.11 Å². The molecule has 0 bridgehead atoms. The van der Waals surface area contributed by atoms with Gasteiger partial charge in [0.25, 0.3) is 11.8 Å². The van der Waals surface area contributed by atoms with Crippen LogP contribution in [0.2, 0.25) is 5.02 Å². The number of hydrogen-bond donors (Lipinski definition) is 2. The summed E-state index contributed by atoms with van der Waals surface area (Å²) in [5, 5.41) is 7.40. The molecule has 0 fully saturated rings. The second-order valence-corrected chi connectivity index (χ2v) is 9.52. The van der Waals surface area contributed by atoms with Crippen LogP contribution >= 0.6 is 11.6 Å². The van der Waals surface area contributed by atoms with E-state index < -0.39 is 11.9 Å². The van der Waals surface area contributed by atoms with E-state index in [1.54, 1.807) is 43.5 Å². The largest absolute Gasteiger partial charge is 0.493 e. The molecular weight excluding hydrogens is 490 g/mol. The van der Waals surface area contributed by atoms with Crippen molar-refractivity contribution in [3.8, 4) is 11.5 Å². The van der Waals surface area contributed by atoms with Crippen LogP contribution in [0.25, 0.3) is 0 Å². The first-order valence-electron chi connectivity index (χ1n) is 12.0. The molecule has 0 aromatic heterocycles. The molecule has 37 heavy (non-hydrogen) atoms. The predicted molar refractivity (Wildman–Crippen MR) is 146 cm³/mol. The van der Waals surface area contributed by atoms with E-state index in [1.807, 2.05) is 45.0 Å². The van der Waals surface area contributed by atoms with E-state index >= 15 is 0 Å². The zero-order valence-corrected chi connectivity index (χ0v) is 22.2. The van der Waals surface area contributed by atoms with Crippen molar-refractivity contribution in [2.24, 2.45) is 11.0 Å². The highest BCUT2D eigenvalue weighted by Gasteiger charge is 2.22. The summed E-state index contributed by atoms with van der Waals surface area (Å²) in [6.45, 7) is 6.41. The lowest BCUT2D eigenvalue weighted by atomic mass is 10.0. The normalized spacial score (nSPS) is 11.8. The van der Waals surface area contributed by atoms with Crippen LogP contribution < -0.4 is 20.2 Å². The number of nitrogens with zero attached hydrogens (tertiary/aromatic N) is 1. The zero-order valence-electron chi connectivity index (χ0n) is 21.5. The van der Waals surface area contributed by atoms with E-state index in [2.05, 4.69) is 21.9 Å². The molecule has 7 nitrogen and oxygen atoms in total. The molecular formula is C29H32ClN3O4. The van der Waals surface area contributed by atoms with E-state index in [9.17, 15) is 9.59 Å². The van der Waals surface area contributed by atoms with Crippen LogP contribution in [0.5, 0.6) is 11.5 Å². The van der Waals surface area contributed by atoms with E-state index in [1.165, 1.54) is 11.8 Å². The van der Waals surface area contributed by atoms with Gasteiger partial charge in [-0.3, -0.25) is 9.59 Å². The maximum Gasteiger partial charge on any atom is 0.262 e. The monoisotopic (exact) mass is 521 g/mol. The number of benzene rings is 3. The van der Waals surface area contributed by atoms with Crippen LogP contribution in [0.3, 0.4) is 0 Å². The molecule has 3 aromatic carbocycles. The third kappa shape index (κ3) is 8.65. The summed E-state index contributed by atoms with van der Waals surface area (Å²) in [4.78, 5) is 25.4. The van der Waals surface area contributed by atoms with Crippen molar-refractivity contribution in [3.05, 3.63) is 94.0 Å². The fourth-order valence-electron chi connectivity index (χ4n) is 3.64. The third-order valence-corrected chi connectivity index (χ3v) is 5.74. The standard InChI is InChI=1S/C29H32ClN3O4/c1-19(2)14-25(32-28(34)23-9-11-24(30)12-10-23)29(35)33-31-17-21-8-13-26(27(16-21)36-4)37-18-22-7-5-6-20(3)15-22/h5-13,15-17,19,25H,14,18H2,1-4H3,(H,32,34)(H,33,35)/b31-17+. The highest BCUT2D eigenvalue weighted by atomic mass is 35.5. The topological polar surface area (TPSA) is 89.0 Å². The van der Waals surface area contributed by atoms with Gasteiger partial charge in [-0.1, -0.05) is 55.3 Å². The number of hydrogen-bond acceptors (Lipinski definition) is 5. The summed E-state index contributed by atoms with van der Waals surface area (Å²) < 4.78 is 11.4. The lowest BCUT2D eigenvalue weighted by Gasteiger charge is -2.19. The lowest BCUT2D eigenvalue weighted by Crippen LogP contribution is -2.46. The molecule has 3 aromatic rings. The Labute approximate surface area is 222 Å². The molecule has 0 radical (unpaired) electrons. The summed E-state index contributed by atoms with van der Waals surface area (Å²) in [6, 6.07) is 19.2. The van der Waals surface area contributed by atoms with Gasteiger partial charge in [0.15, 0.2) is 11.5 Å². The molecule has 2 amide bonds. The highest BCUT2D eigenvalue weighted by molar-refractivity contribution is 6.30. The average molecular weight is 522 g/mol. The Hall–Kier alpha value is -3.84. The Kier molecular flexibility index (Phi) is 10.1. The Bertz CT molecular complexity index is 1240. The SMILES string of the molecule is COc1cc(/C=N/NC(=O)C(CC(C)C)NC(=O)c2ccc(Cl)cc2)ccc1OCc1cccc(C)c1. The number of aryl methyl sites for hydroxylation is 1. The molecule has 0 saturated carbocycles. The molecule has 3 rings (SSSR count). The Balaban J connectivity index is 1.62. The van der Waals surface area contributed by atoms with Gasteiger partial charge in [-0.05, 0) is 72.9 Å². The number of nitrogens with one attached hydrogen (secondary N) is 2. The number of hydrazone groups is 1. The summed E-state index contributed by atoms with van der Waals surface area (Å²) >= 11 is 5.90. The molecule has 8 heteroatoms. The highest BCUT2D eigenvalue weighted by Crippen LogP contribution is 2.28. The van der Waals surface area contributed by atoms with Crippen LogP contribution in [-0.4, -0.2) is 31.2 Å². The maximum atomic E-state index is 12.8. The van der Waals surface area contributed by atoms with E-state index in [0.717, 1.165) is 5.56 Å². The van der Waals surface area contributed by atoms with Crippen molar-refractivity contribution in [1.82, 2.24) is 10.7 Å². The molecule has 2 N–H and O–H groups in total. The smallest absolute Gasteiger partial charge is 0.262 e. The fourth-order valence-corrected chi connectivity index (χ4v) is 3.77. The van der Waals surface area contributed by atoms with Crippen molar-refractivity contribution < 1.29 is 19.1 Å². The minimum Gasteiger partial charge on any atom is -0.493 e. The summed E-state index contributed by atoms with van der Waals surface area (Å²) in [6.07, 6.45) is 1.97. The Morgan fingerprint density at radius 2 is 1.78 bits per heavy atom. The first-order chi connectivity index (χ1) is 17.7. The molecule has 1 unspecified atom stereocenters. The number of halogens is 1. The molecule has 0 aliphatic carbocycles. The van der Waals surface area contributed by atoms with Crippen molar-refractivity contribution in [2.45, 2.75) is 39.8 Å². The van der Waals surface area contributed by atoms with E-state index in [-0.39, 0.29) is 11.8 Å². The fraction of sp³-hybridized carbons (Fsp3) is 0.276. The first kappa shape index (κ1) is 27.7. The number of carbonyl (C=O) groups excluding carboxylic acids is 2. The number of rotatable bonds is 11. The second kappa shape index (κ2) is 13.5. The Morgan fingerprint density at radius 3 is 2.46 bits per heavy atom. The van der Waals surface area contributed by atoms with Gasteiger partial charge in [0.1, 0.15) is 12.6 Å². The first-order valence-corrected chi connectivity index (χ1v) is 12.4. The zero-order chi connectivity index (χ0) is 26.8. The lowest BCUT2D eigenvalue weighted by molar-refractivity contribution is -0.123. The van der Waals surface area contributed by atoms with Gasteiger partial charge in [0.05, 0.1) is 13.3 Å². The summed E-state index contributed by atoms with van der Waals surface area (Å²) in [7, 11) is 1.57. The van der Waals surface area contributed by atoms with Gasteiger partial charge >= 0.3 is 0 Å². The summed E-state index contributed by atoms with van der Waals surface area (Å²) in [5.41, 5.74) is 5.90. The molecule has 0 spiro atoms. The van der Waals surface area contributed by atoms with Crippen LogP contribution in [0, 0.1) is 12.8 Å². The summed E-state index contributed by atoms with van der Waals surface area (Å²) in [5.74, 6) is 0.578. The van der Waals surface area contributed by atoms with Crippen LogP contribution in [-0.2, 0) is 11.4 Å². The van der Waals surface area contributed by atoms with E-state index in [0.29, 0.717) is 40.7 Å². The molecule has 0 heterocycles. The van der Waals surface area contributed by atoms with Crippen LogP contribution in [0.1, 0.15) is 47.3 Å². The third-order valence-electron chi connectivity index (χ3n) is 5.49. The van der Waals surface area contributed by atoms with Crippen molar-refractivity contribution in [3.63, 3.8) is 0 Å². The predicted octanol–water partition coefficient (Wildman–Crippen LogP) is 5.53. The van der Waals surface area contributed by atoms with Crippen molar-refractivity contribution >= 4 is 29.6 Å². The van der Waals surface area contributed by atoms with Gasteiger partial charge in [-0.15, -0.1) is 0 Å². The minimum atomic E-state index is -0.743. The number of amides is 2. The van der Waals surface area contributed by atoms with Gasteiger partial charge in [0, 0.05) is 10.6 Å². The van der Waals surface area contributed by atoms with Gasteiger partial charge < -0.3 is 14.8 Å². The molecule has 194 valence electrons. The van der Waals surface area contributed by atoms with Gasteiger partial charge in [0.2, 0.25) is 0 Å². The number of methoxy groups -OCH3 is 1. The molecule has 0 saturated heterocycles. The molecule has 0 aliphatic rings. The van der Waals surface area contributed by atoms with Gasteiger partial charge in [-0.2, -0.15) is 5.10 Å². The quantitative estimate of drug-likeness (QED) is 0.256. The minimum absolute atomic E-state index is 0.182.